The summed E-state index contributed by atoms with van der Waals surface area (Å²) in [5, 5.41) is 0. The third-order valence-electron chi connectivity index (χ3n) is 0.702. The summed E-state index contributed by atoms with van der Waals surface area (Å²) in [6, 6.07) is 0.984. The zero-order chi connectivity index (χ0) is 5.70. The minimum absolute atomic E-state index is 0.807. The first kappa shape index (κ1) is 6.34. The number of rotatable bonds is 1. The fraction of sp³-hybridized carbons (Fsp3) is 0.333. The van der Waals surface area contributed by atoms with Crippen LogP contribution in [-0.4, -0.2) is 8.80 Å². The van der Waals surface area contributed by atoms with Crippen molar-refractivity contribution in [3.8, 4) is 23.9 Å². The Morgan fingerprint density at radius 3 is 1.86 bits per heavy atom. The van der Waals surface area contributed by atoms with Gasteiger partial charge in [0.1, 0.15) is 0 Å². The van der Waals surface area contributed by atoms with Crippen molar-refractivity contribution in [3.05, 3.63) is 0 Å². The Balaban J connectivity index is 3.50. The summed E-state index contributed by atoms with van der Waals surface area (Å²) in [4.78, 5) is 0. The summed E-state index contributed by atoms with van der Waals surface area (Å²) < 4.78 is 0. The predicted molar refractivity (Wildman–Crippen MR) is 33.9 cm³/mol. The van der Waals surface area contributed by atoms with Crippen LogP contribution in [0, 0.1) is 23.9 Å². The molecule has 0 aliphatic heterocycles. The minimum Gasteiger partial charge on any atom is -0.126 e. The maximum Gasteiger partial charge on any atom is 0.232 e. The van der Waals surface area contributed by atoms with E-state index in [1.807, 2.05) is 6.92 Å². The SMILES string of the molecule is C#C[Si](C#C)CC. The van der Waals surface area contributed by atoms with Crippen LogP contribution < -0.4 is 0 Å². The lowest BCUT2D eigenvalue weighted by Crippen LogP contribution is -2.02. The Morgan fingerprint density at radius 1 is 1.43 bits per heavy atom. The van der Waals surface area contributed by atoms with Gasteiger partial charge in [0, 0.05) is 0 Å². The second kappa shape index (κ2) is 3.52. The Morgan fingerprint density at radius 2 is 1.86 bits per heavy atom. The van der Waals surface area contributed by atoms with Gasteiger partial charge in [-0.25, -0.2) is 0 Å². The zero-order valence-corrected chi connectivity index (χ0v) is 5.36. The molecule has 0 fully saturated rings. The maximum absolute atomic E-state index is 5.05. The molecule has 0 aromatic heterocycles. The highest BCUT2D eigenvalue weighted by molar-refractivity contribution is 6.75. The Kier molecular flexibility index (Phi) is 3.19. The molecule has 7 heavy (non-hydrogen) atoms. The van der Waals surface area contributed by atoms with E-state index in [4.69, 9.17) is 12.8 Å². The molecule has 1 heteroatoms. The second-order valence-corrected chi connectivity index (χ2v) is 3.36. The van der Waals surface area contributed by atoms with Crippen molar-refractivity contribution in [1.82, 2.24) is 0 Å². The van der Waals surface area contributed by atoms with E-state index < -0.39 is 8.80 Å². The first-order chi connectivity index (χ1) is 3.35. The van der Waals surface area contributed by atoms with Gasteiger partial charge in [-0.2, -0.15) is 0 Å². The van der Waals surface area contributed by atoms with Crippen LogP contribution in [0.25, 0.3) is 0 Å². The summed E-state index contributed by atoms with van der Waals surface area (Å²) in [5.41, 5.74) is 5.13. The van der Waals surface area contributed by atoms with Gasteiger partial charge in [-0.15, -0.1) is 23.9 Å². The van der Waals surface area contributed by atoms with Crippen LogP contribution in [0.1, 0.15) is 6.92 Å². The summed E-state index contributed by atoms with van der Waals surface area (Å²) in [7, 11) is -0.807. The molecule has 0 unspecified atom stereocenters. The minimum atomic E-state index is -0.807. The molecule has 0 nitrogen and oxygen atoms in total. The van der Waals surface area contributed by atoms with Crippen molar-refractivity contribution in [2.24, 2.45) is 0 Å². The summed E-state index contributed by atoms with van der Waals surface area (Å²) in [6.45, 7) is 2.02. The normalized spacial score (nSPS) is 7.43. The summed E-state index contributed by atoms with van der Waals surface area (Å²) >= 11 is 0. The largest absolute Gasteiger partial charge is 0.232 e. The van der Waals surface area contributed by atoms with E-state index in [1.165, 1.54) is 0 Å². The van der Waals surface area contributed by atoms with Crippen molar-refractivity contribution < 1.29 is 0 Å². The monoisotopic (exact) mass is 107 g/mol. The summed E-state index contributed by atoms with van der Waals surface area (Å²) in [5.74, 6) is 0. The highest BCUT2D eigenvalue weighted by Gasteiger charge is 1.95. The van der Waals surface area contributed by atoms with E-state index >= 15 is 0 Å². The molecule has 0 rings (SSSR count). The average molecular weight is 107 g/mol. The van der Waals surface area contributed by atoms with Gasteiger partial charge >= 0.3 is 0 Å². The highest BCUT2D eigenvalue weighted by Crippen LogP contribution is 1.83. The lowest BCUT2D eigenvalue weighted by molar-refractivity contribution is 1.45. The first-order valence-electron chi connectivity index (χ1n) is 2.14. The van der Waals surface area contributed by atoms with Gasteiger partial charge in [-0.3, -0.25) is 0 Å². The van der Waals surface area contributed by atoms with E-state index in [0.29, 0.717) is 0 Å². The third-order valence-corrected chi connectivity index (χ3v) is 2.11. The molecule has 0 saturated carbocycles. The number of terminal acetylenes is 2. The molecule has 0 atom stereocenters. The van der Waals surface area contributed by atoms with Crippen molar-refractivity contribution in [2.75, 3.05) is 0 Å². The molecule has 0 N–H and O–H groups in total. The highest BCUT2D eigenvalue weighted by atomic mass is 28.3. The molecule has 0 aliphatic rings. The van der Waals surface area contributed by atoms with Crippen LogP contribution in [0.5, 0.6) is 0 Å². The molecule has 0 aliphatic carbocycles. The van der Waals surface area contributed by atoms with E-state index in [1.54, 1.807) is 0 Å². The molecular formula is C6H7Si. The number of hydrogen-bond acceptors (Lipinski definition) is 0. The van der Waals surface area contributed by atoms with E-state index in [9.17, 15) is 0 Å². The third kappa shape index (κ3) is 2.09. The molecule has 0 aromatic rings. The Bertz CT molecular complexity index is 99.1. The van der Waals surface area contributed by atoms with Gasteiger partial charge in [0.2, 0.25) is 8.80 Å². The lowest BCUT2D eigenvalue weighted by Gasteiger charge is -1.86. The van der Waals surface area contributed by atoms with Crippen molar-refractivity contribution >= 4 is 8.80 Å². The van der Waals surface area contributed by atoms with Crippen LogP contribution in [-0.2, 0) is 0 Å². The van der Waals surface area contributed by atoms with E-state index in [-0.39, 0.29) is 0 Å². The Hall–Kier alpha value is -0.663. The van der Waals surface area contributed by atoms with Crippen LogP contribution in [0.3, 0.4) is 0 Å². The van der Waals surface area contributed by atoms with Gasteiger partial charge in [0.05, 0.1) is 0 Å². The van der Waals surface area contributed by atoms with Gasteiger partial charge in [0.15, 0.2) is 0 Å². The lowest BCUT2D eigenvalue weighted by atomic mass is 11.0. The zero-order valence-electron chi connectivity index (χ0n) is 4.36. The molecule has 0 amide bonds. The van der Waals surface area contributed by atoms with Gasteiger partial charge in [-0.1, -0.05) is 6.92 Å². The standard InChI is InChI=1S/C6H7Si/c1-4-7(5-2)6-3/h1-2H,6H2,3H3. The maximum atomic E-state index is 5.05. The smallest absolute Gasteiger partial charge is 0.126 e. The van der Waals surface area contributed by atoms with Gasteiger partial charge < -0.3 is 0 Å². The topological polar surface area (TPSA) is 0 Å². The van der Waals surface area contributed by atoms with E-state index in [0.717, 1.165) is 6.04 Å². The molecular weight excluding hydrogens is 100 g/mol. The second-order valence-electron chi connectivity index (χ2n) is 1.12. The average Bonchev–Trinajstić information content (AvgIpc) is 1.72. The van der Waals surface area contributed by atoms with Crippen molar-refractivity contribution in [2.45, 2.75) is 13.0 Å². The fourth-order valence-electron chi connectivity index (χ4n) is 0.246. The molecule has 0 aromatic carbocycles. The van der Waals surface area contributed by atoms with Crippen LogP contribution in [0.15, 0.2) is 0 Å². The predicted octanol–water partition coefficient (Wildman–Crippen LogP) is 0.846. The number of hydrogen-bond donors (Lipinski definition) is 0. The van der Waals surface area contributed by atoms with E-state index in [2.05, 4.69) is 11.1 Å². The Labute approximate surface area is 46.5 Å². The van der Waals surface area contributed by atoms with Gasteiger partial charge in [0.25, 0.3) is 0 Å². The summed E-state index contributed by atoms with van der Waals surface area (Å²) in [6.07, 6.45) is 10.1. The van der Waals surface area contributed by atoms with Crippen molar-refractivity contribution in [1.29, 1.82) is 0 Å². The van der Waals surface area contributed by atoms with Crippen molar-refractivity contribution in [3.63, 3.8) is 0 Å². The van der Waals surface area contributed by atoms with Gasteiger partial charge in [-0.05, 0) is 6.04 Å². The molecule has 0 spiro atoms. The molecule has 1 radical (unpaired) electrons. The molecule has 0 bridgehead atoms. The first-order valence-corrected chi connectivity index (χ1v) is 3.85. The molecule has 0 saturated heterocycles. The van der Waals surface area contributed by atoms with Crippen LogP contribution >= 0.6 is 0 Å². The quantitative estimate of drug-likeness (QED) is 0.344. The fourth-order valence-corrected chi connectivity index (χ4v) is 0.737. The van der Waals surface area contributed by atoms with Crippen LogP contribution in [0.4, 0.5) is 0 Å². The molecule has 35 valence electrons. The van der Waals surface area contributed by atoms with Crippen LogP contribution in [0.2, 0.25) is 6.04 Å². The molecule has 0 heterocycles.